The maximum Gasteiger partial charge on any atom is 0.322 e. The molecule has 0 aromatic heterocycles. The fraction of sp³-hybridized carbons (Fsp3) is 0.562. The van der Waals surface area contributed by atoms with Crippen molar-refractivity contribution in [1.29, 1.82) is 0 Å². The van der Waals surface area contributed by atoms with E-state index in [2.05, 4.69) is 0 Å². The van der Waals surface area contributed by atoms with Crippen molar-refractivity contribution in [2.75, 3.05) is 0 Å². The largest absolute Gasteiger partial charge is 0.480 e. The minimum Gasteiger partial charge on any atom is -0.480 e. The van der Waals surface area contributed by atoms with Crippen molar-refractivity contribution in [3.05, 3.63) is 28.8 Å². The topological polar surface area (TPSA) is 74.7 Å². The maximum absolute atomic E-state index is 13.2. The molecule has 1 saturated heterocycles. The Kier molecular flexibility index (Phi) is 4.42. The van der Waals surface area contributed by atoms with Gasteiger partial charge in [-0.15, -0.1) is 0 Å². The third-order valence-electron chi connectivity index (χ3n) is 4.96. The zero-order chi connectivity index (χ0) is 16.8. The van der Waals surface area contributed by atoms with Gasteiger partial charge in [0.2, 0.25) is 10.0 Å². The fourth-order valence-electron chi connectivity index (χ4n) is 3.90. The first kappa shape index (κ1) is 16.7. The Labute approximate surface area is 141 Å². The van der Waals surface area contributed by atoms with Gasteiger partial charge >= 0.3 is 5.97 Å². The van der Waals surface area contributed by atoms with Crippen molar-refractivity contribution < 1.29 is 18.3 Å². The molecule has 1 aromatic carbocycles. The number of carboxylic acid groups (broad SMARTS) is 1. The van der Waals surface area contributed by atoms with Crippen LogP contribution >= 0.6 is 11.6 Å². The summed E-state index contributed by atoms with van der Waals surface area (Å²) in [6.45, 7) is 1.79. The molecular weight excluding hydrogens is 338 g/mol. The number of benzene rings is 1. The van der Waals surface area contributed by atoms with Gasteiger partial charge in [-0.3, -0.25) is 4.79 Å². The van der Waals surface area contributed by atoms with E-state index in [1.165, 1.54) is 10.4 Å². The number of carboxylic acids is 1. The van der Waals surface area contributed by atoms with Crippen molar-refractivity contribution in [2.24, 2.45) is 5.92 Å². The quantitative estimate of drug-likeness (QED) is 0.902. The zero-order valence-corrected chi connectivity index (χ0v) is 14.5. The van der Waals surface area contributed by atoms with Crippen LogP contribution < -0.4 is 0 Å². The van der Waals surface area contributed by atoms with E-state index >= 15 is 0 Å². The summed E-state index contributed by atoms with van der Waals surface area (Å²) in [5.74, 6) is -0.949. The van der Waals surface area contributed by atoms with Gasteiger partial charge in [0.25, 0.3) is 0 Å². The summed E-state index contributed by atoms with van der Waals surface area (Å²) in [4.78, 5) is 11.7. The normalized spacial score (nSPS) is 28.5. The van der Waals surface area contributed by atoms with Gasteiger partial charge in [0.15, 0.2) is 0 Å². The summed E-state index contributed by atoms with van der Waals surface area (Å²) < 4.78 is 27.5. The number of aliphatic carboxylic acids is 1. The number of hydrogen-bond acceptors (Lipinski definition) is 3. The highest BCUT2D eigenvalue weighted by Gasteiger charge is 2.51. The number of sulfonamides is 1. The first-order valence-corrected chi connectivity index (χ1v) is 9.66. The van der Waals surface area contributed by atoms with Gasteiger partial charge in [-0.1, -0.05) is 30.5 Å². The number of aryl methyl sites for hydroxylation is 1. The average molecular weight is 358 g/mol. The van der Waals surface area contributed by atoms with Crippen LogP contribution in [0.4, 0.5) is 0 Å². The second-order valence-electron chi connectivity index (χ2n) is 6.47. The Hall–Kier alpha value is -1.11. The van der Waals surface area contributed by atoms with Crippen LogP contribution in [0.2, 0.25) is 5.02 Å². The van der Waals surface area contributed by atoms with Crippen molar-refractivity contribution >= 4 is 27.6 Å². The van der Waals surface area contributed by atoms with Crippen LogP contribution in [0, 0.1) is 12.8 Å². The number of rotatable bonds is 3. The molecule has 1 N–H and O–H groups in total. The summed E-state index contributed by atoms with van der Waals surface area (Å²) in [5.41, 5.74) is 0.777. The number of halogens is 1. The van der Waals surface area contributed by atoms with E-state index in [-0.39, 0.29) is 21.9 Å². The van der Waals surface area contributed by atoms with Crippen LogP contribution in [0.5, 0.6) is 0 Å². The molecule has 0 radical (unpaired) electrons. The molecule has 3 rings (SSSR count). The number of fused-ring (bicyclic) bond motifs is 1. The van der Waals surface area contributed by atoms with Crippen molar-refractivity contribution in [3.8, 4) is 0 Å². The lowest BCUT2D eigenvalue weighted by Gasteiger charge is -2.32. The number of hydrogen-bond donors (Lipinski definition) is 1. The predicted octanol–water partition coefficient (Wildman–Crippen LogP) is 3.05. The lowest BCUT2D eigenvalue weighted by Crippen LogP contribution is -2.46. The van der Waals surface area contributed by atoms with Crippen LogP contribution in [0.15, 0.2) is 23.1 Å². The summed E-state index contributed by atoms with van der Waals surface area (Å²) in [6, 6.07) is 3.58. The maximum atomic E-state index is 13.2. The van der Waals surface area contributed by atoms with Gasteiger partial charge < -0.3 is 5.11 Å². The van der Waals surface area contributed by atoms with E-state index in [4.69, 9.17) is 11.6 Å². The van der Waals surface area contributed by atoms with Gasteiger partial charge in [0.05, 0.1) is 5.02 Å². The highest BCUT2D eigenvalue weighted by molar-refractivity contribution is 7.89. The molecule has 2 fully saturated rings. The monoisotopic (exact) mass is 357 g/mol. The Morgan fingerprint density at radius 1 is 1.30 bits per heavy atom. The fourth-order valence-corrected chi connectivity index (χ4v) is 6.33. The molecule has 2 aliphatic rings. The third kappa shape index (κ3) is 2.88. The highest BCUT2D eigenvalue weighted by atomic mass is 35.5. The van der Waals surface area contributed by atoms with Gasteiger partial charge in [0, 0.05) is 6.04 Å². The molecule has 1 aromatic rings. The molecule has 1 aliphatic heterocycles. The molecule has 7 heteroatoms. The van der Waals surface area contributed by atoms with Gasteiger partial charge in [-0.2, -0.15) is 4.31 Å². The summed E-state index contributed by atoms with van der Waals surface area (Å²) in [7, 11) is -3.94. The van der Waals surface area contributed by atoms with Crippen molar-refractivity contribution in [2.45, 2.75) is 56.0 Å². The zero-order valence-electron chi connectivity index (χ0n) is 12.9. The van der Waals surface area contributed by atoms with Crippen LogP contribution in [0.1, 0.15) is 37.7 Å². The van der Waals surface area contributed by atoms with E-state index < -0.39 is 22.0 Å². The van der Waals surface area contributed by atoms with Gasteiger partial charge in [0.1, 0.15) is 10.9 Å². The molecule has 0 spiro atoms. The minimum atomic E-state index is -3.94. The first-order valence-electron chi connectivity index (χ1n) is 7.85. The lowest BCUT2D eigenvalue weighted by atomic mass is 9.85. The molecule has 5 nitrogen and oxygen atoms in total. The Morgan fingerprint density at radius 3 is 2.70 bits per heavy atom. The van der Waals surface area contributed by atoms with E-state index in [1.54, 1.807) is 19.1 Å². The Balaban J connectivity index is 2.08. The molecule has 3 unspecified atom stereocenters. The molecule has 1 saturated carbocycles. The van der Waals surface area contributed by atoms with Crippen LogP contribution in [0.25, 0.3) is 0 Å². The molecule has 1 aliphatic carbocycles. The van der Waals surface area contributed by atoms with E-state index in [9.17, 15) is 18.3 Å². The number of carbonyl (C=O) groups is 1. The van der Waals surface area contributed by atoms with E-state index in [0.29, 0.717) is 6.42 Å². The molecule has 1 heterocycles. The van der Waals surface area contributed by atoms with E-state index in [0.717, 1.165) is 31.2 Å². The lowest BCUT2D eigenvalue weighted by molar-refractivity contribution is -0.141. The summed E-state index contributed by atoms with van der Waals surface area (Å²) >= 11 is 6.11. The third-order valence-corrected chi connectivity index (χ3v) is 7.37. The van der Waals surface area contributed by atoms with Crippen LogP contribution in [0.3, 0.4) is 0 Å². The minimum absolute atomic E-state index is 0.0108. The highest BCUT2D eigenvalue weighted by Crippen LogP contribution is 2.43. The Bertz CT molecular complexity index is 734. The molecule has 3 atom stereocenters. The molecular formula is C16H20ClNO4S. The average Bonchev–Trinajstić information content (AvgIpc) is 2.90. The molecule has 0 amide bonds. The molecule has 0 bridgehead atoms. The van der Waals surface area contributed by atoms with E-state index in [1.807, 2.05) is 0 Å². The van der Waals surface area contributed by atoms with Crippen LogP contribution in [-0.4, -0.2) is 35.9 Å². The first-order chi connectivity index (χ1) is 10.8. The predicted molar refractivity (Wildman–Crippen MR) is 87.0 cm³/mol. The molecule has 126 valence electrons. The van der Waals surface area contributed by atoms with Crippen molar-refractivity contribution in [1.82, 2.24) is 4.31 Å². The molecule has 23 heavy (non-hydrogen) atoms. The second-order valence-corrected chi connectivity index (χ2v) is 8.69. The van der Waals surface area contributed by atoms with Crippen molar-refractivity contribution in [3.63, 3.8) is 0 Å². The summed E-state index contributed by atoms with van der Waals surface area (Å²) in [5, 5.41) is 9.66. The number of nitrogens with zero attached hydrogens (tertiary/aromatic N) is 1. The second kappa shape index (κ2) is 6.07. The summed E-state index contributed by atoms with van der Waals surface area (Å²) in [6.07, 6.45) is 3.97. The Morgan fingerprint density at radius 2 is 2.00 bits per heavy atom. The van der Waals surface area contributed by atoms with Gasteiger partial charge in [-0.05, 0) is 49.8 Å². The van der Waals surface area contributed by atoms with Gasteiger partial charge in [-0.25, -0.2) is 8.42 Å². The SMILES string of the molecule is Cc1ccc(Cl)c(S(=O)(=O)N2C(C(=O)O)CC3CCCCC32)c1. The van der Waals surface area contributed by atoms with Crippen LogP contribution in [-0.2, 0) is 14.8 Å². The smallest absolute Gasteiger partial charge is 0.322 e. The standard InChI is InChI=1S/C16H20ClNO4S/c1-10-6-7-12(17)15(8-10)23(21,22)18-13-5-3-2-4-11(13)9-14(18)16(19)20/h6-8,11,13-14H,2-5,9H2,1H3,(H,19,20).